The smallest absolute Gasteiger partial charge is 0.242 e. The minimum absolute atomic E-state index is 0.0201. The van der Waals surface area contributed by atoms with Crippen LogP contribution >= 0.6 is 11.6 Å². The Bertz CT molecular complexity index is 1350. The molecule has 2 aliphatic heterocycles. The number of halogens is 1. The van der Waals surface area contributed by atoms with Crippen molar-refractivity contribution >= 4 is 40.0 Å². The number of hydrogen-bond donors (Lipinski definition) is 0. The number of anilines is 1. The highest BCUT2D eigenvalue weighted by atomic mass is 35.5. The van der Waals surface area contributed by atoms with E-state index in [9.17, 15) is 9.59 Å². The van der Waals surface area contributed by atoms with Gasteiger partial charge in [-0.25, -0.2) is 0 Å². The number of benzene rings is 2. The number of aryl methyl sites for hydroxylation is 2. The van der Waals surface area contributed by atoms with Crippen LogP contribution in [0.3, 0.4) is 0 Å². The highest BCUT2D eigenvalue weighted by Gasteiger charge is 2.33. The number of aromatic nitrogens is 1. The van der Waals surface area contributed by atoms with E-state index < -0.39 is 0 Å². The number of carbonyl (C=O) groups excluding carboxylic acids is 2. The summed E-state index contributed by atoms with van der Waals surface area (Å²) in [6.07, 6.45) is 9.79. The predicted molar refractivity (Wildman–Crippen MR) is 150 cm³/mol. The third-order valence-corrected chi connectivity index (χ3v) is 8.87. The molecule has 37 heavy (non-hydrogen) atoms. The monoisotopic (exact) mass is 517 g/mol. The fraction of sp³-hybridized carbons (Fsp3) is 0.484. The Morgan fingerprint density at radius 1 is 0.946 bits per heavy atom. The second-order valence-corrected chi connectivity index (χ2v) is 11.5. The molecule has 2 amide bonds. The van der Waals surface area contributed by atoms with Gasteiger partial charge in [-0.05, 0) is 80.3 Å². The molecule has 3 aromatic rings. The minimum Gasteiger partial charge on any atom is -0.341 e. The molecule has 1 aromatic heterocycles. The molecule has 3 heterocycles. The fourth-order valence-corrected chi connectivity index (χ4v) is 6.94. The van der Waals surface area contributed by atoms with Gasteiger partial charge in [-0.2, -0.15) is 0 Å². The maximum atomic E-state index is 13.7. The van der Waals surface area contributed by atoms with Gasteiger partial charge in [0.05, 0.1) is 11.4 Å². The molecule has 2 fully saturated rings. The fourth-order valence-electron chi connectivity index (χ4n) is 6.77. The Balaban J connectivity index is 1.53. The van der Waals surface area contributed by atoms with Crippen LogP contribution in [0.5, 0.6) is 0 Å². The molecule has 3 aliphatic rings. The minimum atomic E-state index is -0.0201. The van der Waals surface area contributed by atoms with Crippen molar-refractivity contribution in [2.45, 2.75) is 77.2 Å². The van der Waals surface area contributed by atoms with Crippen LogP contribution in [-0.2, 0) is 16.1 Å². The van der Waals surface area contributed by atoms with Crippen molar-refractivity contribution in [2.24, 2.45) is 0 Å². The first-order valence-electron chi connectivity index (χ1n) is 14.0. The standard InChI is InChI=1S/C31H36ClN3O2/c1-21-10-12-24-26(18-21)34-17-14-28(36)35(20-29(37)33-15-6-3-7-16-33)27-19-23(32)11-13-25(27)31(34)30(24)22-8-4-2-5-9-22/h10-13,18-19,22H,2-9,14-17,20H2,1H3. The molecule has 1 saturated heterocycles. The zero-order valence-corrected chi connectivity index (χ0v) is 22.5. The van der Waals surface area contributed by atoms with Crippen molar-refractivity contribution in [1.29, 1.82) is 0 Å². The highest BCUT2D eigenvalue weighted by Crippen LogP contribution is 2.47. The summed E-state index contributed by atoms with van der Waals surface area (Å²) in [6, 6.07) is 12.6. The Hall–Kier alpha value is -2.79. The topological polar surface area (TPSA) is 45.6 Å². The molecular formula is C31H36ClN3O2. The van der Waals surface area contributed by atoms with Gasteiger partial charge in [0.1, 0.15) is 6.54 Å². The average Bonchev–Trinajstić information content (AvgIpc) is 3.23. The van der Waals surface area contributed by atoms with Crippen molar-refractivity contribution in [3.05, 3.63) is 52.5 Å². The van der Waals surface area contributed by atoms with Gasteiger partial charge in [0.25, 0.3) is 0 Å². The lowest BCUT2D eigenvalue weighted by atomic mass is 9.81. The van der Waals surface area contributed by atoms with E-state index in [-0.39, 0.29) is 18.4 Å². The third-order valence-electron chi connectivity index (χ3n) is 8.63. The summed E-state index contributed by atoms with van der Waals surface area (Å²) in [5, 5.41) is 1.89. The van der Waals surface area contributed by atoms with Crippen LogP contribution in [0.25, 0.3) is 22.2 Å². The Kier molecular flexibility index (Phi) is 6.74. The molecule has 6 rings (SSSR count). The Morgan fingerprint density at radius 3 is 2.49 bits per heavy atom. The SMILES string of the molecule is Cc1ccc2c(C3CCCCC3)c3n(c2c1)CCC(=O)N(CC(=O)N1CCCCC1)c1cc(Cl)ccc1-3. The van der Waals surface area contributed by atoms with Gasteiger partial charge in [-0.1, -0.05) is 43.0 Å². The van der Waals surface area contributed by atoms with E-state index in [2.05, 4.69) is 35.8 Å². The molecule has 0 unspecified atom stereocenters. The lowest BCUT2D eigenvalue weighted by molar-refractivity contribution is -0.132. The molecule has 0 atom stereocenters. The number of carbonyl (C=O) groups is 2. The number of nitrogens with zero attached hydrogens (tertiary/aromatic N) is 3. The summed E-state index contributed by atoms with van der Waals surface area (Å²) in [4.78, 5) is 30.7. The van der Waals surface area contributed by atoms with E-state index in [1.807, 2.05) is 17.0 Å². The largest absolute Gasteiger partial charge is 0.341 e. The van der Waals surface area contributed by atoms with E-state index in [4.69, 9.17) is 11.6 Å². The van der Waals surface area contributed by atoms with E-state index in [0.717, 1.165) is 37.2 Å². The molecule has 1 aliphatic carbocycles. The first-order chi connectivity index (χ1) is 18.0. The van der Waals surface area contributed by atoms with Crippen LogP contribution in [0.4, 0.5) is 5.69 Å². The number of rotatable bonds is 3. The van der Waals surface area contributed by atoms with E-state index in [1.54, 1.807) is 4.90 Å². The van der Waals surface area contributed by atoms with Gasteiger partial charge in [-0.15, -0.1) is 0 Å². The van der Waals surface area contributed by atoms with E-state index in [0.29, 0.717) is 23.9 Å². The van der Waals surface area contributed by atoms with Crippen molar-refractivity contribution in [3.63, 3.8) is 0 Å². The number of fused-ring (bicyclic) bond motifs is 5. The third kappa shape index (κ3) is 4.56. The zero-order chi connectivity index (χ0) is 25.5. The number of likely N-dealkylation sites (tertiary alicyclic amines) is 1. The van der Waals surface area contributed by atoms with E-state index in [1.165, 1.54) is 66.2 Å². The van der Waals surface area contributed by atoms with Crippen LogP contribution in [-0.4, -0.2) is 40.9 Å². The Morgan fingerprint density at radius 2 is 1.70 bits per heavy atom. The molecule has 0 radical (unpaired) electrons. The summed E-state index contributed by atoms with van der Waals surface area (Å²) in [6.45, 7) is 4.38. The van der Waals surface area contributed by atoms with Crippen LogP contribution in [0.15, 0.2) is 36.4 Å². The molecule has 194 valence electrons. The van der Waals surface area contributed by atoms with Crippen LogP contribution < -0.4 is 4.90 Å². The summed E-state index contributed by atoms with van der Waals surface area (Å²) < 4.78 is 2.38. The molecule has 5 nitrogen and oxygen atoms in total. The highest BCUT2D eigenvalue weighted by molar-refractivity contribution is 6.31. The zero-order valence-electron chi connectivity index (χ0n) is 21.8. The van der Waals surface area contributed by atoms with Gasteiger partial charge in [0.2, 0.25) is 11.8 Å². The molecule has 1 saturated carbocycles. The quantitative estimate of drug-likeness (QED) is 0.373. The lowest BCUT2D eigenvalue weighted by Gasteiger charge is -2.33. The molecular weight excluding hydrogens is 482 g/mol. The van der Waals surface area contributed by atoms with Gasteiger partial charge in [0.15, 0.2) is 0 Å². The average molecular weight is 518 g/mol. The van der Waals surface area contributed by atoms with Crippen molar-refractivity contribution in [3.8, 4) is 11.3 Å². The van der Waals surface area contributed by atoms with Crippen molar-refractivity contribution in [1.82, 2.24) is 9.47 Å². The van der Waals surface area contributed by atoms with Gasteiger partial charge < -0.3 is 14.4 Å². The van der Waals surface area contributed by atoms with E-state index >= 15 is 0 Å². The number of hydrogen-bond acceptors (Lipinski definition) is 2. The molecule has 0 N–H and O–H groups in total. The number of piperidine rings is 1. The maximum Gasteiger partial charge on any atom is 0.242 e. The summed E-state index contributed by atoms with van der Waals surface area (Å²) in [5.41, 5.74) is 6.83. The normalized spacial score (nSPS) is 18.9. The molecule has 0 bridgehead atoms. The summed E-state index contributed by atoms with van der Waals surface area (Å²) in [5.74, 6) is 0.508. The summed E-state index contributed by atoms with van der Waals surface area (Å²) >= 11 is 6.54. The number of amides is 2. The maximum absolute atomic E-state index is 13.7. The predicted octanol–water partition coefficient (Wildman–Crippen LogP) is 7.07. The second kappa shape index (κ2) is 10.2. The van der Waals surface area contributed by atoms with Gasteiger partial charge in [0, 0.05) is 47.5 Å². The van der Waals surface area contributed by atoms with Gasteiger partial charge in [-0.3, -0.25) is 9.59 Å². The van der Waals surface area contributed by atoms with Gasteiger partial charge >= 0.3 is 0 Å². The lowest BCUT2D eigenvalue weighted by Crippen LogP contribution is -2.45. The Labute approximate surface area is 224 Å². The van der Waals surface area contributed by atoms with Crippen molar-refractivity contribution in [2.75, 3.05) is 24.5 Å². The second-order valence-electron chi connectivity index (χ2n) is 11.1. The molecule has 2 aromatic carbocycles. The molecule has 6 heteroatoms. The first-order valence-corrected chi connectivity index (χ1v) is 14.4. The van der Waals surface area contributed by atoms with Crippen molar-refractivity contribution < 1.29 is 9.59 Å². The first kappa shape index (κ1) is 24.5. The van der Waals surface area contributed by atoms with Crippen LogP contribution in [0, 0.1) is 6.92 Å². The molecule has 0 spiro atoms. The summed E-state index contributed by atoms with van der Waals surface area (Å²) in [7, 11) is 0. The van der Waals surface area contributed by atoms with Crippen LogP contribution in [0.1, 0.15) is 74.8 Å². The van der Waals surface area contributed by atoms with Crippen LogP contribution in [0.2, 0.25) is 5.02 Å².